The number of nitrogens with two attached hydrogens (primary N) is 1. The lowest BCUT2D eigenvalue weighted by Crippen LogP contribution is -2.53. The van der Waals surface area contributed by atoms with E-state index >= 15 is 0 Å². The molecule has 0 aliphatic carbocycles. The second-order valence-electron chi connectivity index (χ2n) is 6.78. The number of nitrogens with one attached hydrogen (secondary N) is 2. The zero-order valence-electron chi connectivity index (χ0n) is 16.0. The van der Waals surface area contributed by atoms with E-state index in [-0.39, 0.29) is 25.4 Å². The summed E-state index contributed by atoms with van der Waals surface area (Å²) in [5.41, 5.74) is 6.02. The summed E-state index contributed by atoms with van der Waals surface area (Å²) in [5, 5.41) is 13.6. The van der Waals surface area contributed by atoms with Crippen LogP contribution in [0, 0.1) is 5.92 Å². The fourth-order valence-corrected chi connectivity index (χ4v) is 2.44. The first kappa shape index (κ1) is 22.9. The molecule has 1 aromatic carbocycles. The summed E-state index contributed by atoms with van der Waals surface area (Å²) in [6.45, 7) is 3.78. The van der Waals surface area contributed by atoms with Gasteiger partial charge in [-0.2, -0.15) is 0 Å². The van der Waals surface area contributed by atoms with Crippen LogP contribution in [0.4, 0.5) is 4.79 Å². The molecule has 0 aromatic heterocycles. The number of aliphatic carboxylic acids is 1. The van der Waals surface area contributed by atoms with Crippen molar-refractivity contribution in [1.29, 1.82) is 0 Å². The molecule has 0 heterocycles. The van der Waals surface area contributed by atoms with E-state index in [2.05, 4.69) is 10.6 Å². The zero-order chi connectivity index (χ0) is 21.1. The third-order valence-electron chi connectivity index (χ3n) is 3.84. The van der Waals surface area contributed by atoms with Gasteiger partial charge in [-0.25, -0.2) is 4.79 Å². The van der Waals surface area contributed by atoms with E-state index in [1.165, 1.54) is 0 Å². The van der Waals surface area contributed by atoms with Crippen molar-refractivity contribution in [2.45, 2.75) is 51.8 Å². The molecule has 154 valence electrons. The van der Waals surface area contributed by atoms with Gasteiger partial charge in [-0.15, -0.1) is 0 Å². The SMILES string of the molecule is CC(C)C[C@H](NC(=O)OCc1ccccc1)C(=O)N[C@H](CCC(=O)O)C(N)=O. The highest BCUT2D eigenvalue weighted by Gasteiger charge is 2.27. The smallest absolute Gasteiger partial charge is 0.408 e. The number of benzene rings is 1. The third-order valence-corrected chi connectivity index (χ3v) is 3.84. The Kier molecular flexibility index (Phi) is 9.49. The van der Waals surface area contributed by atoms with Crippen LogP contribution in [0.3, 0.4) is 0 Å². The maximum Gasteiger partial charge on any atom is 0.408 e. The number of carbonyl (C=O) groups excluding carboxylic acids is 3. The Bertz CT molecular complexity index is 678. The van der Waals surface area contributed by atoms with E-state index in [1.54, 1.807) is 12.1 Å². The van der Waals surface area contributed by atoms with Gasteiger partial charge in [0.25, 0.3) is 0 Å². The first-order valence-electron chi connectivity index (χ1n) is 8.97. The van der Waals surface area contributed by atoms with Crippen LogP contribution in [-0.4, -0.2) is 41.1 Å². The number of primary amides is 1. The summed E-state index contributed by atoms with van der Waals surface area (Å²) in [6, 6.07) is 6.97. The minimum atomic E-state index is -1.14. The number of rotatable bonds is 11. The van der Waals surface area contributed by atoms with Gasteiger partial charge < -0.3 is 26.2 Å². The monoisotopic (exact) mass is 393 g/mol. The summed E-state index contributed by atoms with van der Waals surface area (Å²) >= 11 is 0. The van der Waals surface area contributed by atoms with Gasteiger partial charge in [0.2, 0.25) is 11.8 Å². The van der Waals surface area contributed by atoms with Crippen molar-refractivity contribution < 1.29 is 29.0 Å². The highest BCUT2D eigenvalue weighted by atomic mass is 16.5. The molecule has 5 N–H and O–H groups in total. The minimum Gasteiger partial charge on any atom is -0.481 e. The van der Waals surface area contributed by atoms with Crippen LogP contribution < -0.4 is 16.4 Å². The molecule has 0 bridgehead atoms. The van der Waals surface area contributed by atoms with E-state index < -0.39 is 36.0 Å². The number of carbonyl (C=O) groups is 4. The molecule has 2 atom stereocenters. The fourth-order valence-electron chi connectivity index (χ4n) is 2.44. The van der Waals surface area contributed by atoms with Gasteiger partial charge in [-0.05, 0) is 24.3 Å². The largest absolute Gasteiger partial charge is 0.481 e. The van der Waals surface area contributed by atoms with E-state index in [9.17, 15) is 19.2 Å². The van der Waals surface area contributed by atoms with E-state index in [1.807, 2.05) is 32.0 Å². The Labute approximate surface area is 163 Å². The third kappa shape index (κ3) is 9.02. The highest BCUT2D eigenvalue weighted by Crippen LogP contribution is 2.08. The molecule has 3 amide bonds. The van der Waals surface area contributed by atoms with Crippen molar-refractivity contribution in [3.8, 4) is 0 Å². The molecule has 0 aliphatic rings. The van der Waals surface area contributed by atoms with Crippen molar-refractivity contribution in [3.63, 3.8) is 0 Å². The van der Waals surface area contributed by atoms with Crippen molar-refractivity contribution in [3.05, 3.63) is 35.9 Å². The molecule has 0 fully saturated rings. The van der Waals surface area contributed by atoms with Crippen molar-refractivity contribution in [1.82, 2.24) is 10.6 Å². The molecule has 0 aliphatic heterocycles. The maximum atomic E-state index is 12.5. The van der Waals surface area contributed by atoms with Crippen molar-refractivity contribution >= 4 is 23.9 Å². The molecule has 0 saturated carbocycles. The van der Waals surface area contributed by atoms with Crippen LogP contribution in [0.1, 0.15) is 38.7 Å². The number of hydrogen-bond donors (Lipinski definition) is 4. The number of hydrogen-bond acceptors (Lipinski definition) is 5. The number of carboxylic acid groups (broad SMARTS) is 1. The van der Waals surface area contributed by atoms with Crippen LogP contribution in [0.25, 0.3) is 0 Å². The molecule has 9 nitrogen and oxygen atoms in total. The Morgan fingerprint density at radius 2 is 1.71 bits per heavy atom. The van der Waals surface area contributed by atoms with Crippen LogP contribution in [0.2, 0.25) is 0 Å². The fraction of sp³-hybridized carbons (Fsp3) is 0.474. The van der Waals surface area contributed by atoms with Crippen molar-refractivity contribution in [2.24, 2.45) is 11.7 Å². The lowest BCUT2D eigenvalue weighted by molar-refractivity contribution is -0.137. The van der Waals surface area contributed by atoms with Gasteiger partial charge in [0.1, 0.15) is 18.7 Å². The summed E-state index contributed by atoms with van der Waals surface area (Å²) in [4.78, 5) is 46.7. The van der Waals surface area contributed by atoms with Crippen LogP contribution in [0.15, 0.2) is 30.3 Å². The van der Waals surface area contributed by atoms with E-state index in [4.69, 9.17) is 15.6 Å². The normalized spacial score (nSPS) is 12.7. The average molecular weight is 393 g/mol. The molecule has 1 aromatic rings. The first-order valence-corrected chi connectivity index (χ1v) is 8.97. The average Bonchev–Trinajstić information content (AvgIpc) is 2.62. The van der Waals surface area contributed by atoms with E-state index in [0.717, 1.165) is 5.56 Å². The second kappa shape index (κ2) is 11.6. The molecule has 28 heavy (non-hydrogen) atoms. The van der Waals surface area contributed by atoms with E-state index in [0.29, 0.717) is 6.42 Å². The summed E-state index contributed by atoms with van der Waals surface area (Å²) in [6.07, 6.45) is -0.930. The summed E-state index contributed by atoms with van der Waals surface area (Å²) in [7, 11) is 0. The number of carboxylic acids is 1. The number of ether oxygens (including phenoxy) is 1. The lowest BCUT2D eigenvalue weighted by Gasteiger charge is -2.22. The molecule has 9 heteroatoms. The molecular formula is C19H27N3O6. The second-order valence-corrected chi connectivity index (χ2v) is 6.78. The van der Waals surface area contributed by atoms with Crippen LogP contribution >= 0.6 is 0 Å². The maximum absolute atomic E-state index is 12.5. The van der Waals surface area contributed by atoms with Gasteiger partial charge >= 0.3 is 12.1 Å². The number of alkyl carbamates (subject to hydrolysis) is 1. The Morgan fingerprint density at radius 1 is 1.07 bits per heavy atom. The van der Waals surface area contributed by atoms with Gasteiger partial charge in [0.05, 0.1) is 0 Å². The van der Waals surface area contributed by atoms with Gasteiger partial charge in [-0.1, -0.05) is 44.2 Å². The molecule has 0 radical (unpaired) electrons. The predicted octanol–water partition coefficient (Wildman–Crippen LogP) is 1.16. The molecular weight excluding hydrogens is 366 g/mol. The summed E-state index contributed by atoms with van der Waals surface area (Å²) in [5.74, 6) is -2.51. The quantitative estimate of drug-likeness (QED) is 0.443. The predicted molar refractivity (Wildman–Crippen MR) is 101 cm³/mol. The molecule has 0 saturated heterocycles. The minimum absolute atomic E-state index is 0.0468. The summed E-state index contributed by atoms with van der Waals surface area (Å²) < 4.78 is 5.12. The highest BCUT2D eigenvalue weighted by molar-refractivity contribution is 5.90. The first-order chi connectivity index (χ1) is 13.2. The van der Waals surface area contributed by atoms with Gasteiger partial charge in [0, 0.05) is 6.42 Å². The Balaban J connectivity index is 2.68. The topological polar surface area (TPSA) is 148 Å². The number of amides is 3. The van der Waals surface area contributed by atoms with Crippen LogP contribution in [0.5, 0.6) is 0 Å². The van der Waals surface area contributed by atoms with Crippen molar-refractivity contribution in [2.75, 3.05) is 0 Å². The lowest BCUT2D eigenvalue weighted by atomic mass is 10.0. The Morgan fingerprint density at radius 3 is 2.25 bits per heavy atom. The molecule has 0 unspecified atom stereocenters. The molecule has 1 rings (SSSR count). The van der Waals surface area contributed by atoms with Gasteiger partial charge in [-0.3, -0.25) is 14.4 Å². The Hall–Kier alpha value is -3.10. The molecule has 0 spiro atoms. The van der Waals surface area contributed by atoms with Crippen LogP contribution in [-0.2, 0) is 25.7 Å². The standard InChI is InChI=1S/C19H27N3O6/c1-12(2)10-15(18(26)21-14(17(20)25)8-9-16(23)24)22-19(27)28-11-13-6-4-3-5-7-13/h3-7,12,14-15H,8-11H2,1-2H3,(H2,20,25)(H,21,26)(H,22,27)(H,23,24)/t14-,15+/m1/s1. The van der Waals surface area contributed by atoms with Gasteiger partial charge in [0.15, 0.2) is 0 Å². The zero-order valence-corrected chi connectivity index (χ0v) is 16.0.